The first-order valence-electron chi connectivity index (χ1n) is 7.98. The number of unbranched alkanes of at least 4 members (excludes halogenated alkanes) is 3. The van der Waals surface area contributed by atoms with Crippen molar-refractivity contribution in [2.75, 3.05) is 0 Å². The Bertz CT molecular complexity index is 664. The van der Waals surface area contributed by atoms with E-state index in [1.165, 1.54) is 11.3 Å². The van der Waals surface area contributed by atoms with E-state index in [0.29, 0.717) is 4.88 Å². The van der Waals surface area contributed by atoms with Crippen molar-refractivity contribution in [2.45, 2.75) is 51.4 Å². The molecule has 0 saturated heterocycles. The van der Waals surface area contributed by atoms with Crippen LogP contribution in [0.3, 0.4) is 0 Å². The molecular formula is C18H18F6S. The number of aryl methyl sites for hydroxylation is 1. The average Bonchev–Trinajstić information content (AvgIpc) is 2.98. The lowest BCUT2D eigenvalue weighted by atomic mass is 10.0. The Morgan fingerprint density at radius 3 is 1.92 bits per heavy atom. The third-order valence-electron chi connectivity index (χ3n) is 3.84. The summed E-state index contributed by atoms with van der Waals surface area (Å²) in [4.78, 5) is 0.419. The summed E-state index contributed by atoms with van der Waals surface area (Å²) >= 11 is 1.17. The minimum atomic E-state index is -4.82. The average molecular weight is 380 g/mol. The Labute approximate surface area is 146 Å². The van der Waals surface area contributed by atoms with Gasteiger partial charge in [-0.2, -0.15) is 26.3 Å². The lowest BCUT2D eigenvalue weighted by molar-refractivity contribution is -0.143. The molecule has 1 aromatic heterocycles. The van der Waals surface area contributed by atoms with Crippen LogP contribution in [-0.4, -0.2) is 0 Å². The van der Waals surface area contributed by atoms with Crippen molar-refractivity contribution in [3.8, 4) is 10.4 Å². The van der Waals surface area contributed by atoms with Gasteiger partial charge in [0.15, 0.2) is 0 Å². The third kappa shape index (κ3) is 5.49. The van der Waals surface area contributed by atoms with Gasteiger partial charge in [-0.25, -0.2) is 0 Å². The highest BCUT2D eigenvalue weighted by atomic mass is 32.1. The molecule has 0 amide bonds. The van der Waals surface area contributed by atoms with E-state index in [1.807, 2.05) is 0 Å². The third-order valence-corrected chi connectivity index (χ3v) is 4.87. The van der Waals surface area contributed by atoms with Gasteiger partial charge >= 0.3 is 12.4 Å². The zero-order valence-corrected chi connectivity index (χ0v) is 14.4. The normalized spacial score (nSPS) is 12.6. The molecule has 0 unspecified atom stereocenters. The summed E-state index contributed by atoms with van der Waals surface area (Å²) in [6.45, 7) is 2.09. The first-order chi connectivity index (χ1) is 11.6. The van der Waals surface area contributed by atoms with Crippen LogP contribution in [0.15, 0.2) is 29.6 Å². The Hall–Kier alpha value is -1.50. The molecule has 0 atom stereocenters. The molecule has 2 rings (SSSR count). The summed E-state index contributed by atoms with van der Waals surface area (Å²) in [5, 5.41) is 1.80. The second-order valence-corrected chi connectivity index (χ2v) is 6.84. The number of benzene rings is 1. The topological polar surface area (TPSA) is 0 Å². The van der Waals surface area contributed by atoms with Crippen molar-refractivity contribution < 1.29 is 26.3 Å². The maximum Gasteiger partial charge on any atom is 0.416 e. The molecule has 0 saturated carbocycles. The highest BCUT2D eigenvalue weighted by molar-refractivity contribution is 7.13. The van der Waals surface area contributed by atoms with Crippen molar-refractivity contribution >= 4 is 11.3 Å². The fourth-order valence-corrected chi connectivity index (χ4v) is 3.45. The highest BCUT2D eigenvalue weighted by Crippen LogP contribution is 2.40. The zero-order chi connectivity index (χ0) is 18.7. The molecule has 0 aliphatic rings. The first-order valence-corrected chi connectivity index (χ1v) is 8.86. The zero-order valence-electron chi connectivity index (χ0n) is 13.6. The standard InChI is InChI=1S/C18H18F6S/c1-2-3-4-5-6-12-7-16(25-11-12)13-8-14(17(19,20)21)10-15(9-13)18(22,23)24/h7-11H,2-6H2,1H3. The van der Waals surface area contributed by atoms with Crippen LogP contribution in [0.5, 0.6) is 0 Å². The Morgan fingerprint density at radius 2 is 1.40 bits per heavy atom. The lowest BCUT2D eigenvalue weighted by Crippen LogP contribution is -2.10. The highest BCUT2D eigenvalue weighted by Gasteiger charge is 2.37. The lowest BCUT2D eigenvalue weighted by Gasteiger charge is -2.13. The Kier molecular flexibility index (Phi) is 6.19. The van der Waals surface area contributed by atoms with Crippen LogP contribution < -0.4 is 0 Å². The molecule has 0 spiro atoms. The van der Waals surface area contributed by atoms with Crippen molar-refractivity contribution in [1.29, 1.82) is 0 Å². The summed E-state index contributed by atoms with van der Waals surface area (Å²) in [6.07, 6.45) is -4.64. The van der Waals surface area contributed by atoms with Crippen LogP contribution >= 0.6 is 11.3 Å². The van der Waals surface area contributed by atoms with Gasteiger partial charge in [-0.1, -0.05) is 26.2 Å². The molecule has 0 bridgehead atoms. The molecule has 1 aromatic carbocycles. The molecule has 0 aliphatic heterocycles. The van der Waals surface area contributed by atoms with Gasteiger partial charge in [0.1, 0.15) is 0 Å². The van der Waals surface area contributed by atoms with Gasteiger partial charge in [0.2, 0.25) is 0 Å². The van der Waals surface area contributed by atoms with E-state index in [4.69, 9.17) is 0 Å². The van der Waals surface area contributed by atoms with E-state index >= 15 is 0 Å². The van der Waals surface area contributed by atoms with Crippen LogP contribution in [0, 0.1) is 0 Å². The molecule has 0 aliphatic carbocycles. The molecule has 25 heavy (non-hydrogen) atoms. The van der Waals surface area contributed by atoms with Crippen LogP contribution in [0.1, 0.15) is 49.3 Å². The van der Waals surface area contributed by atoms with Crippen molar-refractivity contribution in [2.24, 2.45) is 0 Å². The summed E-state index contributed by atoms with van der Waals surface area (Å²) < 4.78 is 77.6. The molecule has 0 N–H and O–H groups in total. The number of alkyl halides is 6. The quantitative estimate of drug-likeness (QED) is 0.358. The van der Waals surface area contributed by atoms with Crippen molar-refractivity contribution in [1.82, 2.24) is 0 Å². The summed E-state index contributed by atoms with van der Waals surface area (Å²) in [5.74, 6) is 0. The summed E-state index contributed by atoms with van der Waals surface area (Å²) in [7, 11) is 0. The van der Waals surface area contributed by atoms with E-state index in [2.05, 4.69) is 6.92 Å². The van der Waals surface area contributed by atoms with Gasteiger partial charge in [0.25, 0.3) is 0 Å². The van der Waals surface area contributed by atoms with Crippen LogP contribution in [0.4, 0.5) is 26.3 Å². The smallest absolute Gasteiger partial charge is 0.166 e. The Balaban J connectivity index is 2.30. The molecule has 2 aromatic rings. The molecule has 0 fully saturated rings. The molecule has 7 heteroatoms. The van der Waals surface area contributed by atoms with Crippen LogP contribution in [0.25, 0.3) is 10.4 Å². The van der Waals surface area contributed by atoms with E-state index in [0.717, 1.165) is 49.8 Å². The molecule has 1 heterocycles. The monoisotopic (exact) mass is 380 g/mol. The van der Waals surface area contributed by atoms with E-state index < -0.39 is 23.5 Å². The summed E-state index contributed by atoms with van der Waals surface area (Å²) in [5.41, 5.74) is -1.67. The predicted octanol–water partition coefficient (Wildman–Crippen LogP) is 7.58. The second-order valence-electron chi connectivity index (χ2n) is 5.92. The Morgan fingerprint density at radius 1 is 0.800 bits per heavy atom. The maximum atomic E-state index is 12.9. The van der Waals surface area contributed by atoms with Gasteiger partial charge in [-0.05, 0) is 53.6 Å². The van der Waals surface area contributed by atoms with Gasteiger partial charge in [-0.15, -0.1) is 11.3 Å². The first kappa shape index (κ1) is 19.8. The minimum Gasteiger partial charge on any atom is -0.166 e. The molecular weight excluding hydrogens is 362 g/mol. The number of rotatable bonds is 6. The molecule has 138 valence electrons. The van der Waals surface area contributed by atoms with Gasteiger partial charge in [-0.3, -0.25) is 0 Å². The van der Waals surface area contributed by atoms with Crippen molar-refractivity contribution in [3.05, 3.63) is 46.3 Å². The van der Waals surface area contributed by atoms with E-state index in [-0.39, 0.29) is 11.6 Å². The largest absolute Gasteiger partial charge is 0.416 e. The maximum absolute atomic E-state index is 12.9. The van der Waals surface area contributed by atoms with Gasteiger partial charge in [0.05, 0.1) is 11.1 Å². The SMILES string of the molecule is CCCCCCc1csc(-c2cc(C(F)(F)F)cc(C(F)(F)F)c2)c1. The number of halogens is 6. The minimum absolute atomic E-state index is 0.0491. The summed E-state index contributed by atoms with van der Waals surface area (Å²) in [6, 6.07) is 3.40. The predicted molar refractivity (Wildman–Crippen MR) is 87.6 cm³/mol. The second kappa shape index (κ2) is 7.81. The van der Waals surface area contributed by atoms with Gasteiger partial charge < -0.3 is 0 Å². The van der Waals surface area contributed by atoms with Crippen LogP contribution in [0.2, 0.25) is 0 Å². The van der Waals surface area contributed by atoms with Crippen LogP contribution in [-0.2, 0) is 18.8 Å². The van der Waals surface area contributed by atoms with Gasteiger partial charge in [0, 0.05) is 4.88 Å². The fourth-order valence-electron chi connectivity index (χ4n) is 2.51. The number of hydrogen-bond acceptors (Lipinski definition) is 1. The van der Waals surface area contributed by atoms with E-state index in [1.54, 1.807) is 11.4 Å². The molecule has 0 nitrogen and oxygen atoms in total. The molecule has 0 radical (unpaired) electrons. The number of thiophene rings is 1. The van der Waals surface area contributed by atoms with E-state index in [9.17, 15) is 26.3 Å². The van der Waals surface area contributed by atoms with Crippen molar-refractivity contribution in [3.63, 3.8) is 0 Å². The fraction of sp³-hybridized carbons (Fsp3) is 0.444. The number of hydrogen-bond donors (Lipinski definition) is 0.